The van der Waals surface area contributed by atoms with Gasteiger partial charge in [-0.1, -0.05) is 36.4 Å². The van der Waals surface area contributed by atoms with E-state index >= 15 is 0 Å². The molecule has 0 saturated carbocycles. The lowest BCUT2D eigenvalue weighted by Crippen LogP contribution is -2.04. The lowest BCUT2D eigenvalue weighted by atomic mass is 10.2. The average molecular weight is 380 g/mol. The van der Waals surface area contributed by atoms with Crippen LogP contribution in [-0.4, -0.2) is 25.1 Å². The SMILES string of the molecule is c1ccc(-c2nnc(-c3nc(NCc4cccnc4)c4ccccc4n3)o2)cc1. The van der Waals surface area contributed by atoms with Crippen LogP contribution in [0.25, 0.3) is 34.1 Å². The molecule has 0 amide bonds. The van der Waals surface area contributed by atoms with E-state index in [0.29, 0.717) is 24.1 Å². The topological polar surface area (TPSA) is 89.6 Å². The molecule has 0 spiro atoms. The van der Waals surface area contributed by atoms with Gasteiger partial charge in [-0.15, -0.1) is 10.2 Å². The van der Waals surface area contributed by atoms with Gasteiger partial charge in [0, 0.05) is 29.9 Å². The lowest BCUT2D eigenvalue weighted by molar-refractivity contribution is 0.579. The number of nitrogens with zero attached hydrogens (tertiary/aromatic N) is 5. The first kappa shape index (κ1) is 17.0. The van der Waals surface area contributed by atoms with Crippen molar-refractivity contribution in [3.05, 3.63) is 84.7 Å². The minimum Gasteiger partial charge on any atom is -0.413 e. The number of hydrogen-bond donors (Lipinski definition) is 1. The highest BCUT2D eigenvalue weighted by Crippen LogP contribution is 2.26. The third kappa shape index (κ3) is 3.53. The fourth-order valence-electron chi connectivity index (χ4n) is 3.01. The number of anilines is 1. The van der Waals surface area contributed by atoms with Crippen molar-refractivity contribution in [2.24, 2.45) is 0 Å². The molecule has 3 aromatic heterocycles. The zero-order valence-electron chi connectivity index (χ0n) is 15.4. The first-order chi connectivity index (χ1) is 14.4. The predicted molar refractivity (Wildman–Crippen MR) is 110 cm³/mol. The molecule has 7 nitrogen and oxygen atoms in total. The summed E-state index contributed by atoms with van der Waals surface area (Å²) in [6.07, 6.45) is 3.57. The Balaban J connectivity index is 1.52. The number of fused-ring (bicyclic) bond motifs is 1. The molecule has 1 N–H and O–H groups in total. The molecule has 0 atom stereocenters. The van der Waals surface area contributed by atoms with Crippen molar-refractivity contribution >= 4 is 16.7 Å². The van der Waals surface area contributed by atoms with E-state index in [1.807, 2.05) is 72.9 Å². The smallest absolute Gasteiger partial charge is 0.286 e. The maximum Gasteiger partial charge on any atom is 0.286 e. The second kappa shape index (κ2) is 7.47. The van der Waals surface area contributed by atoms with Gasteiger partial charge in [-0.3, -0.25) is 4.98 Å². The minimum atomic E-state index is 0.277. The average Bonchev–Trinajstić information content (AvgIpc) is 3.29. The monoisotopic (exact) mass is 380 g/mol. The maximum atomic E-state index is 5.84. The van der Waals surface area contributed by atoms with Gasteiger partial charge in [0.2, 0.25) is 11.7 Å². The molecule has 0 aliphatic carbocycles. The van der Waals surface area contributed by atoms with E-state index in [0.717, 1.165) is 22.0 Å². The van der Waals surface area contributed by atoms with Gasteiger partial charge in [-0.2, -0.15) is 0 Å². The van der Waals surface area contributed by atoms with Gasteiger partial charge in [-0.05, 0) is 35.9 Å². The summed E-state index contributed by atoms with van der Waals surface area (Å²) in [4.78, 5) is 13.4. The molecule has 0 aliphatic rings. The highest BCUT2D eigenvalue weighted by Gasteiger charge is 2.16. The zero-order chi connectivity index (χ0) is 19.5. The van der Waals surface area contributed by atoms with Crippen molar-refractivity contribution < 1.29 is 4.42 Å². The Morgan fingerprint density at radius 1 is 0.793 bits per heavy atom. The Morgan fingerprint density at radius 2 is 1.62 bits per heavy atom. The number of para-hydroxylation sites is 1. The molecule has 0 fully saturated rings. The van der Waals surface area contributed by atoms with Gasteiger partial charge >= 0.3 is 0 Å². The standard InChI is InChI=1S/C22H16N6O/c1-2-8-16(9-3-1)21-27-28-22(29-21)20-25-18-11-5-4-10-17(18)19(26-20)24-14-15-7-6-12-23-13-15/h1-13H,14H2,(H,24,25,26). The van der Waals surface area contributed by atoms with Gasteiger partial charge < -0.3 is 9.73 Å². The molecule has 5 aromatic rings. The number of nitrogens with one attached hydrogen (secondary N) is 1. The summed E-state index contributed by atoms with van der Waals surface area (Å²) in [6.45, 7) is 0.591. The van der Waals surface area contributed by atoms with Crippen molar-refractivity contribution in [1.29, 1.82) is 0 Å². The molecule has 29 heavy (non-hydrogen) atoms. The van der Waals surface area contributed by atoms with Crippen LogP contribution in [0.2, 0.25) is 0 Å². The fraction of sp³-hybridized carbons (Fsp3) is 0.0455. The van der Waals surface area contributed by atoms with Gasteiger partial charge in [0.25, 0.3) is 5.89 Å². The van der Waals surface area contributed by atoms with E-state index in [9.17, 15) is 0 Å². The van der Waals surface area contributed by atoms with E-state index in [-0.39, 0.29) is 5.89 Å². The van der Waals surface area contributed by atoms with Crippen molar-refractivity contribution in [3.63, 3.8) is 0 Å². The van der Waals surface area contributed by atoms with Crippen LogP contribution in [-0.2, 0) is 6.54 Å². The van der Waals surface area contributed by atoms with Crippen LogP contribution in [0, 0.1) is 0 Å². The third-order valence-electron chi connectivity index (χ3n) is 4.42. The second-order valence-corrected chi connectivity index (χ2v) is 6.41. The van der Waals surface area contributed by atoms with E-state index in [1.165, 1.54) is 0 Å². The lowest BCUT2D eigenvalue weighted by Gasteiger charge is -2.09. The molecular formula is C22H16N6O. The van der Waals surface area contributed by atoms with Gasteiger partial charge in [0.15, 0.2) is 0 Å². The molecule has 140 valence electrons. The molecule has 0 bridgehead atoms. The van der Waals surface area contributed by atoms with Crippen LogP contribution < -0.4 is 5.32 Å². The Hall–Kier alpha value is -4.13. The summed E-state index contributed by atoms with van der Waals surface area (Å²) in [5.74, 6) is 1.79. The van der Waals surface area contributed by atoms with Gasteiger partial charge in [0.1, 0.15) is 5.82 Å². The van der Waals surface area contributed by atoms with Crippen molar-refractivity contribution in [1.82, 2.24) is 25.1 Å². The number of benzene rings is 2. The highest BCUT2D eigenvalue weighted by atomic mass is 16.4. The summed E-state index contributed by atoms with van der Waals surface area (Å²) >= 11 is 0. The van der Waals surface area contributed by atoms with E-state index in [1.54, 1.807) is 6.20 Å². The number of pyridine rings is 1. The summed E-state index contributed by atoms with van der Waals surface area (Å²) in [5.41, 5.74) is 2.70. The van der Waals surface area contributed by atoms with E-state index in [2.05, 4.69) is 30.5 Å². The van der Waals surface area contributed by atoms with Crippen molar-refractivity contribution in [2.75, 3.05) is 5.32 Å². The number of hydrogen-bond acceptors (Lipinski definition) is 7. The summed E-state index contributed by atoms with van der Waals surface area (Å²) in [6, 6.07) is 21.3. The molecule has 3 heterocycles. The first-order valence-corrected chi connectivity index (χ1v) is 9.16. The number of aromatic nitrogens is 5. The van der Waals surface area contributed by atoms with Crippen molar-refractivity contribution in [2.45, 2.75) is 6.54 Å². The quantitative estimate of drug-likeness (QED) is 0.485. The third-order valence-corrected chi connectivity index (χ3v) is 4.42. The van der Waals surface area contributed by atoms with Crippen LogP contribution >= 0.6 is 0 Å². The Bertz CT molecular complexity index is 1250. The highest BCUT2D eigenvalue weighted by molar-refractivity contribution is 5.90. The minimum absolute atomic E-state index is 0.277. The van der Waals surface area contributed by atoms with Gasteiger partial charge in [0.05, 0.1) is 5.52 Å². The van der Waals surface area contributed by atoms with Crippen LogP contribution in [0.3, 0.4) is 0 Å². The maximum absolute atomic E-state index is 5.84. The largest absolute Gasteiger partial charge is 0.413 e. The van der Waals surface area contributed by atoms with Crippen molar-refractivity contribution in [3.8, 4) is 23.2 Å². The van der Waals surface area contributed by atoms with Crippen LogP contribution in [0.4, 0.5) is 5.82 Å². The summed E-state index contributed by atoms with van der Waals surface area (Å²) in [5, 5.41) is 12.6. The zero-order valence-corrected chi connectivity index (χ0v) is 15.4. The molecule has 7 heteroatoms. The van der Waals surface area contributed by atoms with E-state index in [4.69, 9.17) is 4.42 Å². The Kier molecular flexibility index (Phi) is 4.38. The molecular weight excluding hydrogens is 364 g/mol. The number of rotatable bonds is 5. The van der Waals surface area contributed by atoms with E-state index < -0.39 is 0 Å². The Labute approximate surface area is 166 Å². The Morgan fingerprint density at radius 3 is 2.48 bits per heavy atom. The molecule has 0 saturated heterocycles. The second-order valence-electron chi connectivity index (χ2n) is 6.41. The van der Waals surface area contributed by atoms with Gasteiger partial charge in [-0.25, -0.2) is 9.97 Å². The summed E-state index contributed by atoms with van der Waals surface area (Å²) in [7, 11) is 0. The molecule has 0 unspecified atom stereocenters. The molecule has 2 aromatic carbocycles. The normalized spacial score (nSPS) is 10.9. The molecule has 5 rings (SSSR count). The first-order valence-electron chi connectivity index (χ1n) is 9.16. The summed E-state index contributed by atoms with van der Waals surface area (Å²) < 4.78 is 5.84. The van der Waals surface area contributed by atoms with Crippen LogP contribution in [0.1, 0.15) is 5.56 Å². The van der Waals surface area contributed by atoms with Crippen LogP contribution in [0.5, 0.6) is 0 Å². The predicted octanol–water partition coefficient (Wildman–Crippen LogP) is 4.35. The molecule has 0 radical (unpaired) electrons. The van der Waals surface area contributed by atoms with Crippen LogP contribution in [0.15, 0.2) is 83.5 Å². The fourth-order valence-corrected chi connectivity index (χ4v) is 3.01. The molecule has 0 aliphatic heterocycles.